The number of carbonyl (C=O) groups is 2. The number of carbonyl (C=O) groups excluding carboxylic acids is 2. The summed E-state index contributed by atoms with van der Waals surface area (Å²) in [6.45, 7) is 0. The van der Waals surface area contributed by atoms with Crippen LogP contribution < -0.4 is 5.32 Å². The Labute approximate surface area is 109 Å². The Morgan fingerprint density at radius 1 is 1.50 bits per heavy atom. The molecular weight excluding hydrogens is 250 g/mol. The van der Waals surface area contributed by atoms with E-state index in [0.29, 0.717) is 12.1 Å². The molecular formula is C12H13N3O2S. The van der Waals surface area contributed by atoms with Gasteiger partial charge in [0.1, 0.15) is 5.25 Å². The van der Waals surface area contributed by atoms with Gasteiger partial charge in [-0.05, 0) is 12.3 Å². The van der Waals surface area contributed by atoms with E-state index in [2.05, 4.69) is 10.4 Å². The van der Waals surface area contributed by atoms with Crippen molar-refractivity contribution < 1.29 is 9.59 Å². The van der Waals surface area contributed by atoms with Gasteiger partial charge in [0.15, 0.2) is 0 Å². The van der Waals surface area contributed by atoms with Crippen molar-refractivity contribution in [2.45, 2.75) is 5.25 Å². The Morgan fingerprint density at radius 3 is 2.89 bits per heavy atom. The van der Waals surface area contributed by atoms with Crippen molar-refractivity contribution in [3.05, 3.63) is 30.0 Å². The summed E-state index contributed by atoms with van der Waals surface area (Å²) in [5, 5.41) is 7.01. The van der Waals surface area contributed by atoms with Gasteiger partial charge < -0.3 is 0 Å². The second kappa shape index (κ2) is 5.22. The fourth-order valence-electron chi connectivity index (χ4n) is 1.91. The summed E-state index contributed by atoms with van der Waals surface area (Å²) >= 11 is 1.35. The van der Waals surface area contributed by atoms with Crippen molar-refractivity contribution in [3.8, 4) is 0 Å². The molecule has 0 radical (unpaired) electrons. The van der Waals surface area contributed by atoms with E-state index in [1.807, 2.05) is 37.6 Å². The van der Waals surface area contributed by atoms with E-state index in [4.69, 9.17) is 0 Å². The van der Waals surface area contributed by atoms with Crippen LogP contribution in [0.5, 0.6) is 0 Å². The molecule has 0 aliphatic carbocycles. The number of rotatable bonds is 4. The molecule has 0 spiro atoms. The third-order valence-electron chi connectivity index (χ3n) is 2.71. The van der Waals surface area contributed by atoms with E-state index in [9.17, 15) is 9.59 Å². The number of aromatic nitrogens is 2. The fraction of sp³-hybridized carbons (Fsp3) is 0.250. The molecule has 1 aromatic heterocycles. The van der Waals surface area contributed by atoms with Crippen molar-refractivity contribution in [2.24, 2.45) is 7.05 Å². The first-order valence-corrected chi connectivity index (χ1v) is 6.66. The monoisotopic (exact) mass is 263 g/mol. The number of hydrogen-bond donors (Lipinski definition) is 1. The maximum Gasteiger partial charge on any atom is 0.245 e. The molecule has 18 heavy (non-hydrogen) atoms. The Hall–Kier alpha value is -1.82. The highest BCUT2D eigenvalue weighted by Crippen LogP contribution is 2.31. The van der Waals surface area contributed by atoms with Crippen LogP contribution in [0.15, 0.2) is 24.3 Å². The maximum absolute atomic E-state index is 11.8. The summed E-state index contributed by atoms with van der Waals surface area (Å²) in [6.07, 6.45) is 2.22. The number of nitrogens with one attached hydrogen (secondary N) is 1. The molecule has 0 fully saturated rings. The first-order valence-electron chi connectivity index (χ1n) is 5.37. The van der Waals surface area contributed by atoms with E-state index in [-0.39, 0.29) is 5.91 Å². The van der Waals surface area contributed by atoms with Gasteiger partial charge in [0.2, 0.25) is 12.3 Å². The highest BCUT2D eigenvalue weighted by molar-refractivity contribution is 7.99. The van der Waals surface area contributed by atoms with Gasteiger partial charge in [0, 0.05) is 12.4 Å². The van der Waals surface area contributed by atoms with Gasteiger partial charge >= 0.3 is 0 Å². The molecule has 1 N–H and O–H groups in total. The molecule has 1 atom stereocenters. The minimum Gasteiger partial charge on any atom is -0.298 e. The van der Waals surface area contributed by atoms with Crippen LogP contribution in [0.4, 0.5) is 0 Å². The average molecular weight is 263 g/mol. The predicted molar refractivity (Wildman–Crippen MR) is 71.2 cm³/mol. The Kier molecular flexibility index (Phi) is 3.66. The van der Waals surface area contributed by atoms with E-state index < -0.39 is 5.25 Å². The van der Waals surface area contributed by atoms with Crippen LogP contribution in [0.1, 0.15) is 10.9 Å². The predicted octanol–water partition coefficient (Wildman–Crippen LogP) is 1.25. The minimum atomic E-state index is -0.485. The lowest BCUT2D eigenvalue weighted by atomic mass is 10.1. The van der Waals surface area contributed by atoms with Gasteiger partial charge in [-0.15, -0.1) is 11.8 Å². The number of aryl methyl sites for hydroxylation is 1. The summed E-state index contributed by atoms with van der Waals surface area (Å²) in [5.41, 5.74) is 1.64. The van der Waals surface area contributed by atoms with E-state index in [1.54, 1.807) is 4.68 Å². The molecule has 1 heterocycles. The van der Waals surface area contributed by atoms with Crippen molar-refractivity contribution in [3.63, 3.8) is 0 Å². The Bertz CT molecular complexity index is 594. The third-order valence-corrected chi connectivity index (χ3v) is 3.62. The molecule has 0 saturated heterocycles. The first kappa shape index (κ1) is 12.6. The Balaban J connectivity index is 2.51. The van der Waals surface area contributed by atoms with Crippen molar-refractivity contribution in [2.75, 3.05) is 6.26 Å². The number of benzene rings is 1. The quantitative estimate of drug-likeness (QED) is 0.843. The zero-order valence-electron chi connectivity index (χ0n) is 10.1. The third kappa shape index (κ3) is 2.11. The average Bonchev–Trinajstić information content (AvgIpc) is 2.69. The highest BCUT2D eigenvalue weighted by Gasteiger charge is 2.24. The summed E-state index contributed by atoms with van der Waals surface area (Å²) < 4.78 is 1.74. The smallest absolute Gasteiger partial charge is 0.245 e. The van der Waals surface area contributed by atoms with Gasteiger partial charge in [0.05, 0.1) is 11.2 Å². The van der Waals surface area contributed by atoms with Crippen LogP contribution in [-0.4, -0.2) is 28.4 Å². The number of fused-ring (bicyclic) bond motifs is 1. The number of hydrogen-bond acceptors (Lipinski definition) is 4. The second-order valence-electron chi connectivity index (χ2n) is 3.77. The summed E-state index contributed by atoms with van der Waals surface area (Å²) in [6, 6.07) is 7.70. The lowest BCUT2D eigenvalue weighted by molar-refractivity contribution is -0.124. The molecule has 2 aromatic rings. The SMILES string of the molecule is CSC(C(=O)NC=O)c1nn(C)c2ccccc12. The molecule has 0 bridgehead atoms. The van der Waals surface area contributed by atoms with E-state index in [1.165, 1.54) is 11.8 Å². The molecule has 0 aliphatic rings. The van der Waals surface area contributed by atoms with E-state index in [0.717, 1.165) is 10.9 Å². The van der Waals surface area contributed by atoms with Crippen molar-refractivity contribution in [1.82, 2.24) is 15.1 Å². The zero-order valence-corrected chi connectivity index (χ0v) is 10.9. The van der Waals surface area contributed by atoms with Crippen LogP contribution in [0.3, 0.4) is 0 Å². The normalized spacial score (nSPS) is 12.3. The molecule has 5 nitrogen and oxygen atoms in total. The first-order chi connectivity index (χ1) is 8.69. The van der Waals surface area contributed by atoms with Crippen molar-refractivity contribution in [1.29, 1.82) is 0 Å². The van der Waals surface area contributed by atoms with Crippen LogP contribution >= 0.6 is 11.8 Å². The summed E-state index contributed by atoms with van der Waals surface area (Å²) in [5.74, 6) is -0.346. The molecule has 1 unspecified atom stereocenters. The number of para-hydroxylation sites is 1. The topological polar surface area (TPSA) is 64.0 Å². The standard InChI is InChI=1S/C12H13N3O2S/c1-15-9-6-4-3-5-8(9)10(14-15)11(18-2)12(17)13-7-16/h3-7,11H,1-2H3,(H,13,16,17). The number of imide groups is 1. The van der Waals surface area contributed by atoms with Gasteiger partial charge in [-0.2, -0.15) is 5.10 Å². The fourth-order valence-corrected chi connectivity index (χ4v) is 2.59. The second-order valence-corrected chi connectivity index (χ2v) is 4.71. The number of nitrogens with zero attached hydrogens (tertiary/aromatic N) is 2. The van der Waals surface area contributed by atoms with Crippen LogP contribution in [0, 0.1) is 0 Å². The number of amides is 2. The molecule has 0 saturated carbocycles. The number of thioether (sulfide) groups is 1. The maximum atomic E-state index is 11.8. The van der Waals surface area contributed by atoms with Crippen LogP contribution in [0.2, 0.25) is 0 Å². The van der Waals surface area contributed by atoms with Gasteiger partial charge in [-0.3, -0.25) is 19.6 Å². The van der Waals surface area contributed by atoms with Crippen LogP contribution in [0.25, 0.3) is 10.9 Å². The lowest BCUT2D eigenvalue weighted by Gasteiger charge is -2.09. The van der Waals surface area contributed by atoms with Crippen molar-refractivity contribution >= 4 is 35.0 Å². The summed E-state index contributed by atoms with van der Waals surface area (Å²) in [7, 11) is 1.83. The lowest BCUT2D eigenvalue weighted by Crippen LogP contribution is -2.26. The molecule has 6 heteroatoms. The molecule has 2 amide bonds. The Morgan fingerprint density at radius 2 is 2.22 bits per heavy atom. The van der Waals surface area contributed by atoms with E-state index >= 15 is 0 Å². The highest BCUT2D eigenvalue weighted by atomic mass is 32.2. The zero-order chi connectivity index (χ0) is 13.1. The van der Waals surface area contributed by atoms with Gasteiger partial charge in [0.25, 0.3) is 0 Å². The molecule has 0 aliphatic heterocycles. The molecule has 1 aromatic carbocycles. The molecule has 2 rings (SSSR count). The largest absolute Gasteiger partial charge is 0.298 e. The minimum absolute atomic E-state index is 0.346. The van der Waals surface area contributed by atoms with Gasteiger partial charge in [-0.1, -0.05) is 18.2 Å². The van der Waals surface area contributed by atoms with Crippen LogP contribution in [-0.2, 0) is 16.6 Å². The summed E-state index contributed by atoms with van der Waals surface area (Å²) in [4.78, 5) is 22.2. The van der Waals surface area contributed by atoms with Gasteiger partial charge in [-0.25, -0.2) is 0 Å². The molecule has 94 valence electrons.